The highest BCUT2D eigenvalue weighted by atomic mass is 19.1. The Balaban J connectivity index is 0.000000300. The molecule has 0 bridgehead atoms. The molecule has 0 unspecified atom stereocenters. The fraction of sp³-hybridized carbons (Fsp3) is 0.409. The first-order valence-electron chi connectivity index (χ1n) is 9.68. The van der Waals surface area contributed by atoms with Gasteiger partial charge in [-0.25, -0.2) is 0 Å². The Bertz CT molecular complexity index is 756. The van der Waals surface area contributed by atoms with Gasteiger partial charge >= 0.3 is 0 Å². The molecule has 0 heterocycles. The van der Waals surface area contributed by atoms with E-state index < -0.39 is 11.6 Å². The van der Waals surface area contributed by atoms with Gasteiger partial charge in [0.1, 0.15) is 6.29 Å². The molecule has 0 saturated heterocycles. The molecule has 2 aromatic rings. The number of carbonyl (C=O) groups is 1. The van der Waals surface area contributed by atoms with Crippen molar-refractivity contribution in [2.24, 2.45) is 0 Å². The summed E-state index contributed by atoms with van der Waals surface area (Å²) < 4.78 is 47.5. The van der Waals surface area contributed by atoms with Crippen LogP contribution in [-0.4, -0.2) is 37.8 Å². The summed E-state index contributed by atoms with van der Waals surface area (Å²) in [6.07, 6.45) is 0.629. The van der Waals surface area contributed by atoms with Gasteiger partial charge in [0.25, 0.3) is 0 Å². The van der Waals surface area contributed by atoms with Gasteiger partial charge in [0.05, 0.1) is 33.0 Å². The summed E-state index contributed by atoms with van der Waals surface area (Å²) >= 11 is 0. The fourth-order valence-electron chi connectivity index (χ4n) is 2.42. The number of ether oxygens (including phenoxy) is 4. The van der Waals surface area contributed by atoms with Gasteiger partial charge < -0.3 is 24.1 Å². The second kappa shape index (κ2) is 13.4. The third kappa shape index (κ3) is 7.18. The zero-order valence-corrected chi connectivity index (χ0v) is 17.7. The lowest BCUT2D eigenvalue weighted by atomic mass is 10.2. The lowest BCUT2D eigenvalue weighted by Gasteiger charge is -2.11. The summed E-state index contributed by atoms with van der Waals surface area (Å²) in [5.41, 5.74) is 0.909. The maximum absolute atomic E-state index is 13.6. The number of aldehydes is 1. The van der Waals surface area contributed by atoms with Gasteiger partial charge in [-0.3, -0.25) is 4.79 Å². The Morgan fingerprint density at radius 1 is 0.733 bits per heavy atom. The molecule has 30 heavy (non-hydrogen) atoms. The molecule has 0 amide bonds. The van der Waals surface area contributed by atoms with Crippen LogP contribution in [0.5, 0.6) is 23.0 Å². The largest absolute Gasteiger partial charge is 0.491 e. The average Bonchev–Trinajstić information content (AvgIpc) is 2.74. The van der Waals surface area contributed by atoms with Crippen molar-refractivity contribution in [3.8, 4) is 23.0 Å². The number of hydrogen-bond acceptors (Lipinski definition) is 6. The van der Waals surface area contributed by atoms with Gasteiger partial charge in [0, 0.05) is 5.56 Å². The monoisotopic (exact) mass is 426 g/mol. The third-order valence-corrected chi connectivity index (χ3v) is 3.61. The van der Waals surface area contributed by atoms with Crippen LogP contribution in [0.15, 0.2) is 24.3 Å². The molecule has 0 spiro atoms. The van der Waals surface area contributed by atoms with Gasteiger partial charge in [-0.2, -0.15) is 8.78 Å². The van der Waals surface area contributed by atoms with E-state index in [1.165, 1.54) is 24.3 Å². The molecule has 0 saturated carbocycles. The van der Waals surface area contributed by atoms with Crippen LogP contribution >= 0.6 is 0 Å². The van der Waals surface area contributed by atoms with Gasteiger partial charge in [0.15, 0.2) is 23.0 Å². The van der Waals surface area contributed by atoms with Crippen molar-refractivity contribution in [1.29, 1.82) is 0 Å². The molecule has 8 heteroatoms. The summed E-state index contributed by atoms with van der Waals surface area (Å²) in [4.78, 5) is 10.6. The fourth-order valence-corrected chi connectivity index (χ4v) is 2.42. The molecule has 0 aliphatic carbocycles. The Hall–Kier alpha value is -2.87. The maximum Gasteiger partial charge on any atom is 0.206 e. The van der Waals surface area contributed by atoms with E-state index in [-0.39, 0.29) is 29.6 Å². The van der Waals surface area contributed by atoms with Crippen molar-refractivity contribution in [1.82, 2.24) is 0 Å². The van der Waals surface area contributed by atoms with Gasteiger partial charge in [-0.05, 0) is 57.5 Å². The van der Waals surface area contributed by atoms with E-state index in [2.05, 4.69) is 0 Å². The molecule has 1 N–H and O–H groups in total. The maximum atomic E-state index is 13.6. The molecule has 0 radical (unpaired) electrons. The predicted molar refractivity (Wildman–Crippen MR) is 109 cm³/mol. The number of hydrogen-bond donors (Lipinski definition) is 1. The molecule has 0 fully saturated rings. The molecule has 0 aromatic heterocycles. The van der Waals surface area contributed by atoms with Crippen LogP contribution in [0, 0.1) is 11.6 Å². The van der Waals surface area contributed by atoms with Crippen molar-refractivity contribution in [3.05, 3.63) is 47.0 Å². The van der Waals surface area contributed by atoms with Crippen molar-refractivity contribution >= 4 is 6.29 Å². The summed E-state index contributed by atoms with van der Waals surface area (Å²) in [6, 6.07) is 5.66. The van der Waals surface area contributed by atoms with Gasteiger partial charge in [0.2, 0.25) is 11.6 Å². The molecule has 0 aliphatic heterocycles. The molecule has 0 aliphatic rings. The highest BCUT2D eigenvalue weighted by Crippen LogP contribution is 2.29. The first-order chi connectivity index (χ1) is 14.4. The normalized spacial score (nSPS) is 9.97. The standard InChI is InChI=1S/C11H15FO3.C11H13FO3/c2*1-3-14-9-5-8(7-13)6-10(11(9)12)15-4-2/h5-6,13H,3-4,7H2,1-2H3;5-7H,3-4H2,1-2H3. The van der Waals surface area contributed by atoms with Crippen LogP contribution in [-0.2, 0) is 6.61 Å². The van der Waals surface area contributed by atoms with E-state index in [1.807, 2.05) is 0 Å². The number of carbonyl (C=O) groups excluding carboxylic acids is 1. The minimum Gasteiger partial charge on any atom is -0.491 e. The number of rotatable bonds is 10. The molecule has 0 atom stereocenters. The number of halogens is 2. The van der Waals surface area contributed by atoms with Crippen LogP contribution < -0.4 is 18.9 Å². The van der Waals surface area contributed by atoms with E-state index >= 15 is 0 Å². The van der Waals surface area contributed by atoms with Crippen molar-refractivity contribution in [3.63, 3.8) is 0 Å². The van der Waals surface area contributed by atoms with E-state index in [4.69, 9.17) is 24.1 Å². The summed E-state index contributed by atoms with van der Waals surface area (Å²) in [5, 5.41) is 8.98. The van der Waals surface area contributed by atoms with Crippen LogP contribution in [0.1, 0.15) is 43.6 Å². The number of aliphatic hydroxyl groups excluding tert-OH is 1. The molecular weight excluding hydrogens is 398 g/mol. The zero-order valence-electron chi connectivity index (χ0n) is 17.7. The lowest BCUT2D eigenvalue weighted by molar-refractivity contribution is 0.112. The van der Waals surface area contributed by atoms with Crippen LogP contribution in [0.25, 0.3) is 0 Å². The second-order valence-electron chi connectivity index (χ2n) is 5.75. The van der Waals surface area contributed by atoms with E-state index in [0.717, 1.165) is 0 Å². The number of benzene rings is 2. The first kappa shape index (κ1) is 25.2. The Morgan fingerprint density at radius 2 is 1.07 bits per heavy atom. The van der Waals surface area contributed by atoms with Crippen molar-refractivity contribution in [2.75, 3.05) is 26.4 Å². The zero-order chi connectivity index (χ0) is 22.5. The van der Waals surface area contributed by atoms with E-state index in [9.17, 15) is 13.6 Å². The average molecular weight is 426 g/mol. The van der Waals surface area contributed by atoms with E-state index in [0.29, 0.717) is 43.8 Å². The summed E-state index contributed by atoms with van der Waals surface area (Å²) in [6.45, 7) is 8.28. The quantitative estimate of drug-likeness (QED) is 0.562. The molecule has 2 rings (SSSR count). The predicted octanol–water partition coefficient (Wildman–Crippen LogP) is 4.55. The molecule has 6 nitrogen and oxygen atoms in total. The third-order valence-electron chi connectivity index (χ3n) is 3.61. The first-order valence-corrected chi connectivity index (χ1v) is 9.68. The number of aliphatic hydroxyl groups is 1. The highest BCUT2D eigenvalue weighted by Gasteiger charge is 2.13. The Kier molecular flexibility index (Phi) is 11.2. The SMILES string of the molecule is CCOc1cc(C=O)cc(OCC)c1F.CCOc1cc(CO)cc(OCC)c1F. The summed E-state index contributed by atoms with van der Waals surface area (Å²) in [7, 11) is 0. The van der Waals surface area contributed by atoms with Crippen LogP contribution in [0.3, 0.4) is 0 Å². The van der Waals surface area contributed by atoms with Gasteiger partial charge in [-0.15, -0.1) is 0 Å². The Morgan fingerprint density at radius 3 is 1.33 bits per heavy atom. The molecule has 166 valence electrons. The Labute approximate surface area is 175 Å². The minimum absolute atomic E-state index is 0.0468. The highest BCUT2D eigenvalue weighted by molar-refractivity contribution is 5.76. The van der Waals surface area contributed by atoms with Crippen LogP contribution in [0.2, 0.25) is 0 Å². The second-order valence-corrected chi connectivity index (χ2v) is 5.75. The van der Waals surface area contributed by atoms with Crippen molar-refractivity contribution < 1.29 is 37.6 Å². The van der Waals surface area contributed by atoms with Crippen LogP contribution in [0.4, 0.5) is 8.78 Å². The topological polar surface area (TPSA) is 74.2 Å². The minimum atomic E-state index is -0.565. The van der Waals surface area contributed by atoms with Gasteiger partial charge in [-0.1, -0.05) is 0 Å². The molecule has 2 aromatic carbocycles. The summed E-state index contributed by atoms with van der Waals surface area (Å²) in [5.74, 6) is -0.753. The van der Waals surface area contributed by atoms with E-state index in [1.54, 1.807) is 27.7 Å². The molecular formula is C22H28F2O6. The van der Waals surface area contributed by atoms with Crippen molar-refractivity contribution in [2.45, 2.75) is 34.3 Å². The lowest BCUT2D eigenvalue weighted by Crippen LogP contribution is -2.01. The smallest absolute Gasteiger partial charge is 0.206 e.